The lowest BCUT2D eigenvalue weighted by Gasteiger charge is -2.14. The fourth-order valence-electron chi connectivity index (χ4n) is 2.18. The summed E-state index contributed by atoms with van der Waals surface area (Å²) in [5.74, 6) is 0. The summed E-state index contributed by atoms with van der Waals surface area (Å²) in [6.45, 7) is 4.42. The number of nitrogens with one attached hydrogen (secondary N) is 1. The standard InChI is InChI=1S/C16H19NS2/c1-3-13(12(2)15-6-4-8-18-15)10-14(11-17)16-7-5-9-19-16/h4-5,7-11,15,17H,3,6H2,1-2H3/b13-12+,14-10+,17-11?. The number of rotatable bonds is 5. The van der Waals surface area contributed by atoms with E-state index >= 15 is 0 Å². The van der Waals surface area contributed by atoms with Gasteiger partial charge in [0.15, 0.2) is 0 Å². The highest BCUT2D eigenvalue weighted by atomic mass is 32.2. The summed E-state index contributed by atoms with van der Waals surface area (Å²) in [5.41, 5.74) is 3.84. The van der Waals surface area contributed by atoms with E-state index in [1.807, 2.05) is 17.8 Å². The van der Waals surface area contributed by atoms with E-state index in [0.717, 1.165) is 18.4 Å². The van der Waals surface area contributed by atoms with Crippen LogP contribution in [0.3, 0.4) is 0 Å². The van der Waals surface area contributed by atoms with Crippen molar-refractivity contribution < 1.29 is 0 Å². The predicted molar refractivity (Wildman–Crippen MR) is 89.2 cm³/mol. The van der Waals surface area contributed by atoms with Crippen LogP contribution in [0.2, 0.25) is 0 Å². The van der Waals surface area contributed by atoms with E-state index in [1.165, 1.54) is 22.2 Å². The van der Waals surface area contributed by atoms with Crippen molar-refractivity contribution in [3.8, 4) is 0 Å². The van der Waals surface area contributed by atoms with Crippen molar-refractivity contribution >= 4 is 34.9 Å². The maximum absolute atomic E-state index is 7.63. The maximum atomic E-state index is 7.63. The predicted octanol–water partition coefficient (Wildman–Crippen LogP) is 5.53. The highest BCUT2D eigenvalue weighted by Gasteiger charge is 2.15. The lowest BCUT2D eigenvalue weighted by atomic mass is 9.99. The van der Waals surface area contributed by atoms with E-state index in [4.69, 9.17) is 5.41 Å². The normalized spacial score (nSPS) is 20.5. The lowest BCUT2D eigenvalue weighted by Crippen LogP contribution is -2.02. The summed E-state index contributed by atoms with van der Waals surface area (Å²) in [6, 6.07) is 4.12. The van der Waals surface area contributed by atoms with Gasteiger partial charge in [0.05, 0.1) is 0 Å². The summed E-state index contributed by atoms with van der Waals surface area (Å²) >= 11 is 3.60. The quantitative estimate of drug-likeness (QED) is 0.559. The smallest absolute Gasteiger partial charge is 0.0358 e. The van der Waals surface area contributed by atoms with Crippen molar-refractivity contribution in [3.63, 3.8) is 0 Å². The van der Waals surface area contributed by atoms with Gasteiger partial charge >= 0.3 is 0 Å². The van der Waals surface area contributed by atoms with Crippen molar-refractivity contribution in [2.75, 3.05) is 0 Å². The van der Waals surface area contributed by atoms with Crippen LogP contribution in [0.4, 0.5) is 0 Å². The van der Waals surface area contributed by atoms with Crippen LogP contribution in [-0.4, -0.2) is 11.5 Å². The van der Waals surface area contributed by atoms with Gasteiger partial charge in [-0.1, -0.05) is 24.6 Å². The topological polar surface area (TPSA) is 23.9 Å². The van der Waals surface area contributed by atoms with Gasteiger partial charge in [-0.05, 0) is 48.3 Å². The molecule has 1 nitrogen and oxygen atoms in total. The Kier molecular flexibility index (Phi) is 5.23. The van der Waals surface area contributed by atoms with Crippen LogP contribution in [-0.2, 0) is 0 Å². The number of allylic oxidation sites excluding steroid dienone is 4. The minimum absolute atomic E-state index is 0.585. The van der Waals surface area contributed by atoms with Crippen LogP contribution in [0, 0.1) is 5.41 Å². The molecule has 0 saturated carbocycles. The Morgan fingerprint density at radius 1 is 1.53 bits per heavy atom. The van der Waals surface area contributed by atoms with Crippen molar-refractivity contribution in [2.45, 2.75) is 31.9 Å². The molecule has 0 aromatic carbocycles. The molecule has 0 fully saturated rings. The van der Waals surface area contributed by atoms with Gasteiger partial charge < -0.3 is 5.41 Å². The molecule has 2 rings (SSSR count). The molecule has 1 aliphatic heterocycles. The van der Waals surface area contributed by atoms with Crippen LogP contribution in [0.5, 0.6) is 0 Å². The summed E-state index contributed by atoms with van der Waals surface area (Å²) in [4.78, 5) is 1.17. The van der Waals surface area contributed by atoms with Crippen LogP contribution in [0.15, 0.2) is 46.2 Å². The summed E-state index contributed by atoms with van der Waals surface area (Å²) in [6.07, 6.45) is 8.05. The maximum Gasteiger partial charge on any atom is 0.0358 e. The van der Waals surface area contributed by atoms with Crippen LogP contribution >= 0.6 is 23.1 Å². The SMILES string of the molecule is CCC(/C=C(\C=N)c1cccs1)=C(/C)C1CC=CS1. The molecular weight excluding hydrogens is 270 g/mol. The second kappa shape index (κ2) is 6.92. The molecule has 19 heavy (non-hydrogen) atoms. The zero-order valence-electron chi connectivity index (χ0n) is 11.3. The third-order valence-electron chi connectivity index (χ3n) is 3.35. The molecule has 0 spiro atoms. The molecule has 1 N–H and O–H groups in total. The average molecular weight is 289 g/mol. The molecule has 1 aliphatic rings. The molecule has 1 atom stereocenters. The van der Waals surface area contributed by atoms with E-state index in [0.29, 0.717) is 5.25 Å². The largest absolute Gasteiger partial charge is 0.308 e. The van der Waals surface area contributed by atoms with Gasteiger partial charge in [0.25, 0.3) is 0 Å². The van der Waals surface area contributed by atoms with E-state index in [2.05, 4.69) is 42.9 Å². The van der Waals surface area contributed by atoms with Gasteiger partial charge in [0.1, 0.15) is 0 Å². The Hall–Kier alpha value is -1.06. The summed E-state index contributed by atoms with van der Waals surface area (Å²) in [5, 5.41) is 12.5. The monoisotopic (exact) mass is 289 g/mol. The number of thiophene rings is 1. The second-order valence-electron chi connectivity index (χ2n) is 4.52. The van der Waals surface area contributed by atoms with Gasteiger partial charge in [0.2, 0.25) is 0 Å². The Morgan fingerprint density at radius 3 is 2.89 bits per heavy atom. The van der Waals surface area contributed by atoms with Crippen LogP contribution < -0.4 is 0 Å². The van der Waals surface area contributed by atoms with Gasteiger partial charge in [-0.2, -0.15) is 0 Å². The highest BCUT2D eigenvalue weighted by Crippen LogP contribution is 2.33. The second-order valence-corrected chi connectivity index (χ2v) is 6.58. The molecule has 0 amide bonds. The first-order valence-corrected chi connectivity index (χ1v) is 8.34. The Bertz CT molecular complexity index is 513. The Balaban J connectivity index is 2.30. The van der Waals surface area contributed by atoms with Gasteiger partial charge in [0, 0.05) is 21.9 Å². The van der Waals surface area contributed by atoms with E-state index in [9.17, 15) is 0 Å². The fraction of sp³-hybridized carbons (Fsp3) is 0.312. The lowest BCUT2D eigenvalue weighted by molar-refractivity contribution is 0.972. The van der Waals surface area contributed by atoms with Crippen LogP contribution in [0.25, 0.3) is 5.57 Å². The Labute approximate surface area is 123 Å². The molecule has 0 bridgehead atoms. The average Bonchev–Trinajstić information content (AvgIpc) is 3.12. The minimum Gasteiger partial charge on any atom is -0.308 e. The first kappa shape index (κ1) is 14.4. The molecule has 0 radical (unpaired) electrons. The van der Waals surface area contributed by atoms with Crippen LogP contribution in [0.1, 0.15) is 31.6 Å². The molecule has 3 heteroatoms. The molecule has 0 saturated heterocycles. The van der Waals surface area contributed by atoms with Gasteiger partial charge in [-0.15, -0.1) is 23.1 Å². The first-order valence-electron chi connectivity index (χ1n) is 6.52. The molecule has 1 unspecified atom stereocenters. The number of hydrogen-bond donors (Lipinski definition) is 1. The Morgan fingerprint density at radius 2 is 2.37 bits per heavy atom. The van der Waals surface area contributed by atoms with Crippen molar-refractivity contribution in [1.82, 2.24) is 0 Å². The highest BCUT2D eigenvalue weighted by molar-refractivity contribution is 8.03. The van der Waals surface area contributed by atoms with Gasteiger partial charge in [-0.25, -0.2) is 0 Å². The van der Waals surface area contributed by atoms with E-state index < -0.39 is 0 Å². The van der Waals surface area contributed by atoms with Crippen molar-refractivity contribution in [2.24, 2.45) is 0 Å². The molecular formula is C16H19NS2. The minimum atomic E-state index is 0.585. The number of thioether (sulfide) groups is 1. The molecule has 1 aromatic heterocycles. The van der Waals surface area contributed by atoms with Crippen molar-refractivity contribution in [3.05, 3.63) is 51.1 Å². The summed E-state index contributed by atoms with van der Waals surface area (Å²) in [7, 11) is 0. The molecule has 2 heterocycles. The van der Waals surface area contributed by atoms with E-state index in [1.54, 1.807) is 11.3 Å². The summed E-state index contributed by atoms with van der Waals surface area (Å²) < 4.78 is 0. The molecule has 1 aromatic rings. The number of hydrogen-bond acceptors (Lipinski definition) is 3. The molecule has 0 aliphatic carbocycles. The first-order chi connectivity index (χ1) is 9.26. The third kappa shape index (κ3) is 3.48. The molecule has 100 valence electrons. The van der Waals surface area contributed by atoms with Crippen molar-refractivity contribution in [1.29, 1.82) is 5.41 Å². The zero-order chi connectivity index (χ0) is 13.7. The fourth-order valence-corrected chi connectivity index (χ4v) is 3.88. The van der Waals surface area contributed by atoms with Gasteiger partial charge in [-0.3, -0.25) is 0 Å². The third-order valence-corrected chi connectivity index (χ3v) is 5.49. The zero-order valence-corrected chi connectivity index (χ0v) is 13.0. The van der Waals surface area contributed by atoms with E-state index in [-0.39, 0.29) is 0 Å².